The Kier molecular flexibility index (Phi) is 12.1. The predicted octanol–water partition coefficient (Wildman–Crippen LogP) is 9.14. The Labute approximate surface area is 213 Å². The number of rotatable bonds is 14. The third-order valence-corrected chi connectivity index (χ3v) is 7.19. The van der Waals surface area contributed by atoms with Gasteiger partial charge in [0, 0.05) is 28.4 Å². The van der Waals surface area contributed by atoms with Crippen molar-refractivity contribution in [2.24, 2.45) is 7.05 Å². The van der Waals surface area contributed by atoms with E-state index in [0.29, 0.717) is 16.5 Å². The molecule has 2 aromatic rings. The van der Waals surface area contributed by atoms with Crippen LogP contribution in [-0.4, -0.2) is 15.5 Å². The van der Waals surface area contributed by atoms with E-state index in [1.807, 2.05) is 30.7 Å². The number of hydrogen-bond acceptors (Lipinski definition) is 4. The molecule has 0 amide bonds. The number of ether oxygens (including phenoxy) is 1. The summed E-state index contributed by atoms with van der Waals surface area (Å²) in [5, 5.41) is 2.20. The van der Waals surface area contributed by atoms with Gasteiger partial charge in [0.05, 0.1) is 5.69 Å². The molecule has 184 valence electrons. The number of unbranched alkanes of at least 4 members (excludes halogenated alkanes) is 7. The number of imidazole rings is 1. The summed E-state index contributed by atoms with van der Waals surface area (Å²) >= 11 is 13.9. The van der Waals surface area contributed by atoms with E-state index in [2.05, 4.69) is 20.8 Å². The molecule has 0 saturated carbocycles. The second kappa shape index (κ2) is 14.3. The van der Waals surface area contributed by atoms with E-state index in [1.165, 1.54) is 38.5 Å². The lowest BCUT2D eigenvalue weighted by molar-refractivity contribution is -0.149. The lowest BCUT2D eigenvalue weighted by Crippen LogP contribution is -2.12. The molecule has 1 aromatic heterocycles. The van der Waals surface area contributed by atoms with Crippen LogP contribution in [0.2, 0.25) is 10.0 Å². The maximum Gasteiger partial charge on any atom is 0.306 e. The summed E-state index contributed by atoms with van der Waals surface area (Å²) in [6.07, 6.45) is 9.68. The molecule has 0 saturated heterocycles. The van der Waals surface area contributed by atoms with Gasteiger partial charge in [-0.2, -0.15) is 0 Å². The number of esters is 1. The van der Waals surface area contributed by atoms with E-state index < -0.39 is 6.10 Å². The minimum atomic E-state index is -0.411. The van der Waals surface area contributed by atoms with Crippen molar-refractivity contribution >= 4 is 40.9 Å². The Bertz CT molecular complexity index is 878. The molecular formula is C26H38Cl2N2O2S. The Morgan fingerprint density at radius 1 is 1.00 bits per heavy atom. The number of hydrogen-bond donors (Lipinski definition) is 0. The van der Waals surface area contributed by atoms with E-state index in [1.54, 1.807) is 17.8 Å². The fourth-order valence-corrected chi connectivity index (χ4v) is 5.66. The van der Waals surface area contributed by atoms with Crippen molar-refractivity contribution in [2.45, 2.75) is 107 Å². The van der Waals surface area contributed by atoms with Crippen molar-refractivity contribution in [3.05, 3.63) is 39.8 Å². The number of aromatic nitrogens is 2. The van der Waals surface area contributed by atoms with Gasteiger partial charge in [0.25, 0.3) is 0 Å². The number of halogens is 2. The van der Waals surface area contributed by atoms with Crippen LogP contribution >= 0.6 is 35.0 Å². The molecule has 1 heterocycles. The van der Waals surface area contributed by atoms with Crippen molar-refractivity contribution in [2.75, 3.05) is 0 Å². The lowest BCUT2D eigenvalue weighted by Gasteiger charge is -2.14. The minimum absolute atomic E-state index is 0.154. The first-order valence-corrected chi connectivity index (χ1v) is 13.7. The van der Waals surface area contributed by atoms with Gasteiger partial charge < -0.3 is 9.30 Å². The van der Waals surface area contributed by atoms with Crippen molar-refractivity contribution in [3.8, 4) is 0 Å². The van der Waals surface area contributed by atoms with Crippen LogP contribution < -0.4 is 0 Å². The van der Waals surface area contributed by atoms with E-state index in [9.17, 15) is 4.79 Å². The van der Waals surface area contributed by atoms with Crippen molar-refractivity contribution in [1.29, 1.82) is 0 Å². The van der Waals surface area contributed by atoms with Gasteiger partial charge in [0.2, 0.25) is 0 Å². The minimum Gasteiger partial charge on any atom is -0.454 e. The second-order valence-electron chi connectivity index (χ2n) is 8.94. The monoisotopic (exact) mass is 512 g/mol. The molecule has 0 aliphatic rings. The first-order valence-electron chi connectivity index (χ1n) is 12.1. The molecule has 0 fully saturated rings. The summed E-state index contributed by atoms with van der Waals surface area (Å²) in [7, 11) is 1.96. The molecule has 2 rings (SSSR count). The van der Waals surface area contributed by atoms with Crippen LogP contribution in [0.4, 0.5) is 0 Å². The van der Waals surface area contributed by atoms with Crippen LogP contribution in [0.3, 0.4) is 0 Å². The highest BCUT2D eigenvalue weighted by atomic mass is 35.5. The number of benzene rings is 1. The molecule has 1 atom stereocenters. The molecule has 0 aliphatic heterocycles. The highest BCUT2D eigenvalue weighted by Gasteiger charge is 2.24. The normalized spacial score (nSPS) is 12.4. The topological polar surface area (TPSA) is 44.1 Å². The SMILES string of the molecule is CCCCCCCCCCC(=O)OC(C)c1nc(C(C)C)c(Sc2cc(Cl)cc(Cl)c2)n1C. The third-order valence-electron chi connectivity index (χ3n) is 5.61. The van der Waals surface area contributed by atoms with Gasteiger partial charge in [0.1, 0.15) is 5.03 Å². The van der Waals surface area contributed by atoms with E-state index in [0.717, 1.165) is 34.3 Å². The summed E-state index contributed by atoms with van der Waals surface area (Å²) in [6, 6.07) is 5.50. The van der Waals surface area contributed by atoms with Crippen molar-refractivity contribution in [1.82, 2.24) is 9.55 Å². The smallest absolute Gasteiger partial charge is 0.306 e. The third kappa shape index (κ3) is 9.18. The zero-order valence-corrected chi connectivity index (χ0v) is 23.0. The fourth-order valence-electron chi connectivity index (χ4n) is 3.79. The van der Waals surface area contributed by atoms with Crippen LogP contribution in [0.5, 0.6) is 0 Å². The molecule has 0 aliphatic carbocycles. The zero-order valence-electron chi connectivity index (χ0n) is 20.6. The standard InChI is InChI=1S/C26H38Cl2N2O2S/c1-6-7-8-9-10-11-12-13-14-23(31)32-19(4)25-29-24(18(2)3)26(30(25)5)33-22-16-20(27)15-21(28)17-22/h15-19H,6-14H2,1-5H3. The van der Waals surface area contributed by atoms with Crippen LogP contribution in [0.25, 0.3) is 0 Å². The van der Waals surface area contributed by atoms with Gasteiger partial charge in [0.15, 0.2) is 11.9 Å². The summed E-state index contributed by atoms with van der Waals surface area (Å²) in [5.41, 5.74) is 0.972. The summed E-state index contributed by atoms with van der Waals surface area (Å²) in [6.45, 7) is 8.35. The average molecular weight is 514 g/mol. The van der Waals surface area contributed by atoms with E-state index >= 15 is 0 Å². The molecule has 0 radical (unpaired) electrons. The largest absolute Gasteiger partial charge is 0.454 e. The molecule has 33 heavy (non-hydrogen) atoms. The quantitative estimate of drug-likeness (QED) is 0.187. The van der Waals surface area contributed by atoms with Crippen LogP contribution in [-0.2, 0) is 16.6 Å². The van der Waals surface area contributed by atoms with Crippen LogP contribution in [0.1, 0.15) is 109 Å². The highest BCUT2D eigenvalue weighted by Crippen LogP contribution is 2.37. The van der Waals surface area contributed by atoms with Crippen LogP contribution in [0.15, 0.2) is 28.1 Å². The Morgan fingerprint density at radius 3 is 2.15 bits per heavy atom. The fraction of sp³-hybridized carbons (Fsp3) is 0.615. The molecule has 1 aromatic carbocycles. The van der Waals surface area contributed by atoms with E-state index in [-0.39, 0.29) is 11.9 Å². The zero-order chi connectivity index (χ0) is 24.4. The molecule has 0 spiro atoms. The first kappa shape index (κ1) is 28.1. The number of nitrogens with zero attached hydrogens (tertiary/aromatic N) is 2. The lowest BCUT2D eigenvalue weighted by atomic mass is 10.1. The summed E-state index contributed by atoms with van der Waals surface area (Å²) in [4.78, 5) is 18.2. The maximum atomic E-state index is 12.4. The van der Waals surface area contributed by atoms with Crippen molar-refractivity contribution < 1.29 is 9.53 Å². The Morgan fingerprint density at radius 2 is 1.58 bits per heavy atom. The van der Waals surface area contributed by atoms with Gasteiger partial charge in [-0.25, -0.2) is 4.98 Å². The number of carbonyl (C=O) groups excluding carboxylic acids is 1. The van der Waals surface area contributed by atoms with E-state index in [4.69, 9.17) is 32.9 Å². The summed E-state index contributed by atoms with van der Waals surface area (Å²) in [5.74, 6) is 0.819. The molecule has 1 unspecified atom stereocenters. The Hall–Kier alpha value is -1.17. The Balaban J connectivity index is 1.96. The van der Waals surface area contributed by atoms with Crippen LogP contribution in [0, 0.1) is 0 Å². The number of carbonyl (C=O) groups is 1. The summed E-state index contributed by atoms with van der Waals surface area (Å²) < 4.78 is 7.76. The molecule has 0 N–H and O–H groups in total. The van der Waals surface area contributed by atoms with Gasteiger partial charge >= 0.3 is 5.97 Å². The molecular weight excluding hydrogens is 475 g/mol. The molecule has 4 nitrogen and oxygen atoms in total. The van der Waals surface area contributed by atoms with Gasteiger partial charge in [-0.15, -0.1) is 0 Å². The maximum absolute atomic E-state index is 12.4. The average Bonchev–Trinajstić information content (AvgIpc) is 3.06. The highest BCUT2D eigenvalue weighted by molar-refractivity contribution is 7.99. The first-order chi connectivity index (χ1) is 15.7. The predicted molar refractivity (Wildman–Crippen MR) is 140 cm³/mol. The van der Waals surface area contributed by atoms with Gasteiger partial charge in [-0.3, -0.25) is 4.79 Å². The van der Waals surface area contributed by atoms with Crippen molar-refractivity contribution in [3.63, 3.8) is 0 Å². The molecule has 7 heteroatoms. The van der Waals surface area contributed by atoms with Gasteiger partial charge in [-0.05, 0) is 37.5 Å². The molecule has 0 bridgehead atoms. The second-order valence-corrected chi connectivity index (χ2v) is 10.9. The van der Waals surface area contributed by atoms with Gasteiger partial charge in [-0.1, -0.05) is 101 Å².